The lowest BCUT2D eigenvalue weighted by molar-refractivity contribution is 0.997. The van der Waals surface area contributed by atoms with Gasteiger partial charge in [0.05, 0.1) is 22.2 Å². The van der Waals surface area contributed by atoms with Crippen LogP contribution in [-0.2, 0) is 0 Å². The highest BCUT2D eigenvalue weighted by molar-refractivity contribution is 5.94. The van der Waals surface area contributed by atoms with Gasteiger partial charge in [0, 0.05) is 16.3 Å². The molecule has 0 aliphatic rings. The van der Waals surface area contributed by atoms with E-state index in [0.29, 0.717) is 5.82 Å². The fourth-order valence-electron chi connectivity index (χ4n) is 4.68. The topological polar surface area (TPSA) is 43.1 Å². The summed E-state index contributed by atoms with van der Waals surface area (Å²) in [4.78, 5) is 9.92. The number of para-hydroxylation sites is 2. The number of benzene rings is 4. The van der Waals surface area contributed by atoms with E-state index in [9.17, 15) is 0 Å². The highest BCUT2D eigenvalue weighted by Gasteiger charge is 2.15. The molecular weight excluding hydrogens is 428 g/mol. The molecule has 164 valence electrons. The zero-order valence-corrected chi connectivity index (χ0v) is 18.8. The molecule has 0 spiro atoms. The first kappa shape index (κ1) is 19.6. The molecule has 0 bridgehead atoms. The Morgan fingerprint density at radius 1 is 0.543 bits per heavy atom. The summed E-state index contributed by atoms with van der Waals surface area (Å²) in [6, 6.07) is 41.7. The molecule has 0 N–H and O–H groups in total. The smallest absolute Gasteiger partial charge is 0.181 e. The minimum Gasteiger partial charge on any atom is -0.232 e. The van der Waals surface area contributed by atoms with Crippen molar-refractivity contribution in [1.29, 1.82) is 0 Å². The molecule has 7 aromatic rings. The Kier molecular flexibility index (Phi) is 4.42. The van der Waals surface area contributed by atoms with Crippen LogP contribution in [0, 0.1) is 0 Å². The van der Waals surface area contributed by atoms with Crippen LogP contribution in [0.5, 0.6) is 0 Å². The number of nitrogens with zero attached hydrogens (tertiary/aromatic N) is 4. The summed E-state index contributed by atoms with van der Waals surface area (Å²) in [5.41, 5.74) is 8.09. The fourth-order valence-corrected chi connectivity index (χ4v) is 4.68. The van der Waals surface area contributed by atoms with E-state index in [-0.39, 0.29) is 0 Å². The second kappa shape index (κ2) is 7.89. The lowest BCUT2D eigenvalue weighted by Crippen LogP contribution is -1.96. The average Bonchev–Trinajstić information content (AvgIpc) is 3.38. The van der Waals surface area contributed by atoms with Crippen molar-refractivity contribution in [2.45, 2.75) is 0 Å². The summed E-state index contributed by atoms with van der Waals surface area (Å²) >= 11 is 0. The number of fused-ring (bicyclic) bond motifs is 4. The quantitative estimate of drug-likeness (QED) is 0.282. The zero-order valence-electron chi connectivity index (χ0n) is 18.8. The normalized spacial score (nSPS) is 11.4. The van der Waals surface area contributed by atoms with Gasteiger partial charge in [0.25, 0.3) is 0 Å². The second-order valence-corrected chi connectivity index (χ2v) is 8.61. The van der Waals surface area contributed by atoms with Gasteiger partial charge in [-0.3, -0.25) is 0 Å². The minimum atomic E-state index is 0.624. The predicted molar refractivity (Wildman–Crippen MR) is 142 cm³/mol. The van der Waals surface area contributed by atoms with Gasteiger partial charge in [-0.25, -0.2) is 14.5 Å². The summed E-state index contributed by atoms with van der Waals surface area (Å²) in [5, 5.41) is 7.07. The first-order chi connectivity index (χ1) is 17.3. The van der Waals surface area contributed by atoms with Crippen molar-refractivity contribution in [3.63, 3.8) is 0 Å². The van der Waals surface area contributed by atoms with Crippen LogP contribution in [0.1, 0.15) is 0 Å². The van der Waals surface area contributed by atoms with Crippen molar-refractivity contribution in [2.75, 3.05) is 0 Å². The molecule has 4 heteroatoms. The zero-order chi connectivity index (χ0) is 23.2. The third-order valence-electron chi connectivity index (χ3n) is 6.43. The van der Waals surface area contributed by atoms with Crippen LogP contribution >= 0.6 is 0 Å². The Balaban J connectivity index is 1.39. The Morgan fingerprint density at radius 3 is 2.14 bits per heavy atom. The van der Waals surface area contributed by atoms with Crippen LogP contribution in [0.25, 0.3) is 61.2 Å². The monoisotopic (exact) mass is 448 g/mol. The Morgan fingerprint density at radius 2 is 1.26 bits per heavy atom. The standard InChI is InChI=1S/C31H20N4/c1-2-8-21(9-3-1)22-14-16-24(17-15-22)30-26-11-5-6-12-27(26)32-31(33-30)28-20-25-19-18-23-10-4-7-13-29(23)35(25)34-28/h1-20H. The maximum Gasteiger partial charge on any atom is 0.181 e. The molecule has 4 nitrogen and oxygen atoms in total. The summed E-state index contributed by atoms with van der Waals surface area (Å²) < 4.78 is 1.97. The molecule has 0 saturated heterocycles. The van der Waals surface area contributed by atoms with E-state index in [1.165, 1.54) is 11.1 Å². The van der Waals surface area contributed by atoms with Crippen molar-refractivity contribution in [2.24, 2.45) is 0 Å². The number of rotatable bonds is 3. The lowest BCUT2D eigenvalue weighted by Gasteiger charge is -2.09. The number of aromatic nitrogens is 4. The first-order valence-corrected chi connectivity index (χ1v) is 11.6. The third kappa shape index (κ3) is 3.35. The maximum absolute atomic E-state index is 5.03. The van der Waals surface area contributed by atoms with E-state index in [4.69, 9.17) is 15.1 Å². The Hall–Kier alpha value is -4.83. The minimum absolute atomic E-state index is 0.624. The van der Waals surface area contributed by atoms with Crippen LogP contribution < -0.4 is 0 Å². The molecule has 0 saturated carbocycles. The van der Waals surface area contributed by atoms with E-state index < -0.39 is 0 Å². The van der Waals surface area contributed by atoms with E-state index in [2.05, 4.69) is 84.9 Å². The molecular formula is C31H20N4. The second-order valence-electron chi connectivity index (χ2n) is 8.61. The first-order valence-electron chi connectivity index (χ1n) is 11.6. The summed E-state index contributed by atoms with van der Waals surface area (Å²) in [7, 11) is 0. The van der Waals surface area contributed by atoms with E-state index in [1.54, 1.807) is 0 Å². The third-order valence-corrected chi connectivity index (χ3v) is 6.43. The highest BCUT2D eigenvalue weighted by Crippen LogP contribution is 2.31. The number of hydrogen-bond acceptors (Lipinski definition) is 3. The Labute approximate surface area is 202 Å². The van der Waals surface area contributed by atoms with E-state index in [1.807, 2.05) is 40.9 Å². The lowest BCUT2D eigenvalue weighted by atomic mass is 10.0. The predicted octanol–water partition coefficient (Wildman–Crippen LogP) is 7.43. The molecule has 0 aliphatic carbocycles. The summed E-state index contributed by atoms with van der Waals surface area (Å²) in [6.45, 7) is 0. The molecule has 0 unspecified atom stereocenters. The molecule has 4 aromatic carbocycles. The molecule has 3 heterocycles. The van der Waals surface area contributed by atoms with Gasteiger partial charge in [0.2, 0.25) is 0 Å². The Bertz CT molecular complexity index is 1830. The molecule has 0 amide bonds. The molecule has 7 rings (SSSR count). The molecule has 3 aromatic heterocycles. The van der Waals surface area contributed by atoms with E-state index in [0.717, 1.165) is 44.3 Å². The highest BCUT2D eigenvalue weighted by atomic mass is 15.2. The van der Waals surface area contributed by atoms with Gasteiger partial charge in [-0.15, -0.1) is 0 Å². The van der Waals surface area contributed by atoms with Crippen LogP contribution in [0.3, 0.4) is 0 Å². The maximum atomic E-state index is 5.03. The van der Waals surface area contributed by atoms with Gasteiger partial charge in [0.15, 0.2) is 5.82 Å². The van der Waals surface area contributed by atoms with Gasteiger partial charge < -0.3 is 0 Å². The largest absolute Gasteiger partial charge is 0.232 e. The van der Waals surface area contributed by atoms with Crippen LogP contribution in [0.2, 0.25) is 0 Å². The van der Waals surface area contributed by atoms with Crippen molar-refractivity contribution in [1.82, 2.24) is 19.6 Å². The molecule has 0 atom stereocenters. The molecule has 35 heavy (non-hydrogen) atoms. The van der Waals surface area contributed by atoms with Crippen molar-refractivity contribution in [3.8, 4) is 33.9 Å². The molecule has 0 radical (unpaired) electrons. The fraction of sp³-hybridized carbons (Fsp3) is 0. The van der Waals surface area contributed by atoms with Gasteiger partial charge in [-0.1, -0.05) is 97.1 Å². The molecule has 0 fully saturated rings. The van der Waals surface area contributed by atoms with Crippen molar-refractivity contribution >= 4 is 27.3 Å². The van der Waals surface area contributed by atoms with Gasteiger partial charge >= 0.3 is 0 Å². The number of hydrogen-bond donors (Lipinski definition) is 0. The average molecular weight is 449 g/mol. The summed E-state index contributed by atoms with van der Waals surface area (Å²) in [5.74, 6) is 0.624. The van der Waals surface area contributed by atoms with Crippen molar-refractivity contribution < 1.29 is 0 Å². The SMILES string of the molecule is c1ccc(-c2ccc(-c3nc(-c4cc5ccc6ccccc6n5n4)nc4ccccc34)cc2)cc1. The van der Waals surface area contributed by atoms with Gasteiger partial charge in [0.1, 0.15) is 5.69 Å². The van der Waals surface area contributed by atoms with Gasteiger partial charge in [-0.2, -0.15) is 5.10 Å². The van der Waals surface area contributed by atoms with E-state index >= 15 is 0 Å². The van der Waals surface area contributed by atoms with Crippen molar-refractivity contribution in [3.05, 3.63) is 121 Å². The summed E-state index contributed by atoms with van der Waals surface area (Å²) in [6.07, 6.45) is 0. The molecule has 0 aliphatic heterocycles. The van der Waals surface area contributed by atoms with Crippen LogP contribution in [0.15, 0.2) is 121 Å². The van der Waals surface area contributed by atoms with Gasteiger partial charge in [-0.05, 0) is 35.4 Å². The number of pyridine rings is 1. The van der Waals surface area contributed by atoms with Crippen LogP contribution in [-0.4, -0.2) is 19.6 Å². The van der Waals surface area contributed by atoms with Crippen LogP contribution in [0.4, 0.5) is 0 Å².